The summed E-state index contributed by atoms with van der Waals surface area (Å²) in [6, 6.07) is 0. The van der Waals surface area contributed by atoms with E-state index in [1.54, 1.807) is 6.20 Å². The molecule has 0 unspecified atom stereocenters. The summed E-state index contributed by atoms with van der Waals surface area (Å²) < 4.78 is 0. The van der Waals surface area contributed by atoms with Gasteiger partial charge in [0.25, 0.3) is 0 Å². The molecule has 116 valence electrons. The highest BCUT2D eigenvalue weighted by Gasteiger charge is 2.22. The normalized spacial score (nSPS) is 14.4. The molecule has 0 aliphatic carbocycles. The van der Waals surface area contributed by atoms with Crippen LogP contribution in [0.4, 0.5) is 10.3 Å². The van der Waals surface area contributed by atoms with Crippen molar-refractivity contribution in [1.29, 1.82) is 0 Å². The van der Waals surface area contributed by atoms with Crippen LogP contribution in [-0.4, -0.2) is 39.8 Å². The van der Waals surface area contributed by atoms with Gasteiger partial charge < -0.3 is 10.6 Å². The molecule has 1 aliphatic rings. The molecule has 0 spiro atoms. The Kier molecular flexibility index (Phi) is 4.46. The molecule has 0 saturated heterocycles. The van der Waals surface area contributed by atoms with Crippen molar-refractivity contribution in [3.63, 3.8) is 0 Å². The lowest BCUT2D eigenvalue weighted by Gasteiger charge is -2.24. The van der Waals surface area contributed by atoms with Gasteiger partial charge in [-0.25, -0.2) is 9.97 Å². The maximum atomic E-state index is 12.0. The lowest BCUT2D eigenvalue weighted by Crippen LogP contribution is -2.36. The van der Waals surface area contributed by atoms with Crippen molar-refractivity contribution in [3.05, 3.63) is 22.1 Å². The second kappa shape index (κ2) is 6.51. The van der Waals surface area contributed by atoms with E-state index in [4.69, 9.17) is 0 Å². The third kappa shape index (κ3) is 3.67. The highest BCUT2D eigenvalue weighted by atomic mass is 32.1. The minimum absolute atomic E-state index is 0.0648. The summed E-state index contributed by atoms with van der Waals surface area (Å²) in [4.78, 5) is 34.7. The van der Waals surface area contributed by atoms with E-state index in [0.29, 0.717) is 23.4 Å². The van der Waals surface area contributed by atoms with E-state index in [1.807, 2.05) is 5.38 Å². The van der Waals surface area contributed by atoms with Gasteiger partial charge >= 0.3 is 0 Å². The average molecular weight is 337 g/mol. The molecule has 2 N–H and O–H groups in total. The average Bonchev–Trinajstić information content (AvgIpc) is 3.06. The monoisotopic (exact) mass is 337 g/mol. The van der Waals surface area contributed by atoms with Crippen LogP contribution < -0.4 is 10.6 Å². The molecule has 0 atom stereocenters. The van der Waals surface area contributed by atoms with Gasteiger partial charge in [0.15, 0.2) is 10.3 Å². The van der Waals surface area contributed by atoms with Gasteiger partial charge in [-0.2, -0.15) is 0 Å². The number of hydrogen-bond donors (Lipinski definition) is 2. The Balaban J connectivity index is 1.58. The fourth-order valence-corrected chi connectivity index (χ4v) is 3.88. The van der Waals surface area contributed by atoms with Gasteiger partial charge in [0.05, 0.1) is 12.2 Å². The van der Waals surface area contributed by atoms with Crippen LogP contribution in [0, 0.1) is 0 Å². The smallest absolute Gasteiger partial charge is 0.240 e. The van der Waals surface area contributed by atoms with E-state index >= 15 is 0 Å². The first-order valence-corrected chi connectivity index (χ1v) is 8.47. The summed E-state index contributed by atoms with van der Waals surface area (Å²) in [5.41, 5.74) is 1.02. The predicted molar refractivity (Wildman–Crippen MR) is 86.1 cm³/mol. The molecule has 0 radical (unpaired) electrons. The number of fused-ring (bicyclic) bond motifs is 1. The molecule has 3 heterocycles. The van der Waals surface area contributed by atoms with E-state index < -0.39 is 0 Å². The fourth-order valence-electron chi connectivity index (χ4n) is 2.23. The zero-order valence-corrected chi connectivity index (χ0v) is 13.6. The van der Waals surface area contributed by atoms with E-state index in [0.717, 1.165) is 23.5 Å². The SMILES string of the molecule is CC(=O)Nc1nc2c(s1)CN(CC(=O)Nc1nccs1)CC2. The molecule has 9 heteroatoms. The molecule has 0 bridgehead atoms. The summed E-state index contributed by atoms with van der Waals surface area (Å²) in [6.45, 7) is 3.25. The van der Waals surface area contributed by atoms with Crippen LogP contribution in [0.1, 0.15) is 17.5 Å². The number of amides is 2. The molecule has 7 nitrogen and oxygen atoms in total. The largest absolute Gasteiger partial charge is 0.302 e. The number of carbonyl (C=O) groups is 2. The number of rotatable bonds is 4. The number of nitrogens with zero attached hydrogens (tertiary/aromatic N) is 3. The second-order valence-corrected chi connectivity index (χ2v) is 6.89. The summed E-state index contributed by atoms with van der Waals surface area (Å²) in [5.74, 6) is -0.184. The van der Waals surface area contributed by atoms with Gasteiger partial charge in [-0.05, 0) is 0 Å². The predicted octanol–water partition coefficient (Wildman–Crippen LogP) is 1.55. The Hall–Kier alpha value is -1.84. The minimum Gasteiger partial charge on any atom is -0.302 e. The van der Waals surface area contributed by atoms with Crippen molar-refractivity contribution < 1.29 is 9.59 Å². The number of thiazole rings is 2. The highest BCUT2D eigenvalue weighted by molar-refractivity contribution is 7.15. The third-order valence-electron chi connectivity index (χ3n) is 3.14. The summed E-state index contributed by atoms with van der Waals surface area (Å²) in [6.07, 6.45) is 2.45. The van der Waals surface area contributed by atoms with Gasteiger partial charge in [-0.15, -0.1) is 22.7 Å². The fraction of sp³-hybridized carbons (Fsp3) is 0.385. The Morgan fingerprint density at radius 1 is 1.36 bits per heavy atom. The van der Waals surface area contributed by atoms with Crippen molar-refractivity contribution in [1.82, 2.24) is 14.9 Å². The summed E-state index contributed by atoms with van der Waals surface area (Å²) >= 11 is 2.87. The molecule has 22 heavy (non-hydrogen) atoms. The minimum atomic E-state index is -0.120. The molecule has 2 amide bonds. The van der Waals surface area contributed by atoms with Gasteiger partial charge in [0.2, 0.25) is 11.8 Å². The van der Waals surface area contributed by atoms with Crippen molar-refractivity contribution >= 4 is 44.8 Å². The van der Waals surface area contributed by atoms with E-state index in [1.165, 1.54) is 29.6 Å². The molecule has 0 saturated carbocycles. The van der Waals surface area contributed by atoms with Crippen LogP contribution in [0.2, 0.25) is 0 Å². The van der Waals surface area contributed by atoms with Crippen LogP contribution >= 0.6 is 22.7 Å². The number of anilines is 2. The van der Waals surface area contributed by atoms with Gasteiger partial charge in [-0.3, -0.25) is 14.5 Å². The van der Waals surface area contributed by atoms with Gasteiger partial charge in [0.1, 0.15) is 0 Å². The van der Waals surface area contributed by atoms with Gasteiger partial charge in [0, 0.05) is 42.9 Å². The zero-order chi connectivity index (χ0) is 15.5. The molecule has 2 aromatic rings. The molecular formula is C13H15N5O2S2. The topological polar surface area (TPSA) is 87.2 Å². The second-order valence-electron chi connectivity index (χ2n) is 4.92. The molecule has 3 rings (SSSR count). The number of hydrogen-bond acceptors (Lipinski definition) is 7. The maximum absolute atomic E-state index is 12.0. The van der Waals surface area contributed by atoms with Crippen LogP contribution in [0.3, 0.4) is 0 Å². The first-order chi connectivity index (χ1) is 10.6. The summed E-state index contributed by atoms with van der Waals surface area (Å²) in [7, 11) is 0. The quantitative estimate of drug-likeness (QED) is 0.884. The Morgan fingerprint density at radius 3 is 2.95 bits per heavy atom. The van der Waals surface area contributed by atoms with Gasteiger partial charge in [-0.1, -0.05) is 0 Å². The van der Waals surface area contributed by atoms with Crippen molar-refractivity contribution in [2.24, 2.45) is 0 Å². The maximum Gasteiger partial charge on any atom is 0.240 e. The number of carbonyl (C=O) groups excluding carboxylic acids is 2. The van der Waals surface area contributed by atoms with Crippen molar-refractivity contribution in [2.75, 3.05) is 23.7 Å². The Labute approximate surface area is 135 Å². The van der Waals surface area contributed by atoms with Crippen molar-refractivity contribution in [3.8, 4) is 0 Å². The van der Waals surface area contributed by atoms with E-state index in [2.05, 4.69) is 25.5 Å². The molecule has 1 aliphatic heterocycles. The molecular weight excluding hydrogens is 322 g/mol. The van der Waals surface area contributed by atoms with E-state index in [-0.39, 0.29) is 11.8 Å². The lowest BCUT2D eigenvalue weighted by atomic mass is 10.2. The summed E-state index contributed by atoms with van der Waals surface area (Å²) in [5, 5.41) is 8.57. The highest BCUT2D eigenvalue weighted by Crippen LogP contribution is 2.28. The lowest BCUT2D eigenvalue weighted by molar-refractivity contribution is -0.117. The third-order valence-corrected chi connectivity index (χ3v) is 4.83. The van der Waals surface area contributed by atoms with Crippen LogP contribution in [0.15, 0.2) is 11.6 Å². The van der Waals surface area contributed by atoms with E-state index in [9.17, 15) is 9.59 Å². The Morgan fingerprint density at radius 2 is 2.23 bits per heavy atom. The number of aromatic nitrogens is 2. The van der Waals surface area contributed by atoms with Crippen LogP contribution in [0.25, 0.3) is 0 Å². The molecule has 0 fully saturated rings. The Bertz CT molecular complexity index is 683. The number of nitrogens with one attached hydrogen (secondary N) is 2. The zero-order valence-electron chi connectivity index (χ0n) is 12.0. The molecule has 0 aromatic carbocycles. The van der Waals surface area contributed by atoms with Crippen LogP contribution in [-0.2, 0) is 22.6 Å². The first-order valence-electron chi connectivity index (χ1n) is 6.78. The first kappa shape index (κ1) is 15.1. The van der Waals surface area contributed by atoms with Crippen LogP contribution in [0.5, 0.6) is 0 Å². The van der Waals surface area contributed by atoms with Crippen molar-refractivity contribution in [2.45, 2.75) is 19.9 Å². The standard InChI is InChI=1S/C13H15N5O2S2/c1-8(19)15-13-16-9-2-4-18(6-10(9)22-13)7-11(20)17-12-14-3-5-21-12/h3,5H,2,4,6-7H2,1H3,(H,14,17,20)(H,15,16,19). The molecule has 2 aromatic heterocycles.